The van der Waals surface area contributed by atoms with Crippen LogP contribution in [0.25, 0.3) is 0 Å². The minimum absolute atomic E-state index is 0.0490. The molecule has 5 rings (SSSR count). The van der Waals surface area contributed by atoms with Crippen LogP contribution in [0, 0.1) is 6.92 Å². The molecule has 4 aromatic rings. The van der Waals surface area contributed by atoms with Gasteiger partial charge in [-0.15, -0.1) is 0 Å². The highest BCUT2D eigenvalue weighted by atomic mass is 16.6. The zero-order valence-electron chi connectivity index (χ0n) is 20.3. The molecule has 0 aliphatic carbocycles. The van der Waals surface area contributed by atoms with E-state index < -0.39 is 41.7 Å². The van der Waals surface area contributed by atoms with Gasteiger partial charge < -0.3 is 25.8 Å². The largest absolute Gasteiger partial charge is 0.394 e. The van der Waals surface area contributed by atoms with Gasteiger partial charge in [0, 0.05) is 11.8 Å². The molecule has 0 amide bonds. The number of nitrogens with zero attached hydrogens (tertiary/aromatic N) is 2. The van der Waals surface area contributed by atoms with E-state index in [1.807, 2.05) is 91.0 Å². The third kappa shape index (κ3) is 3.60. The number of aryl methyl sites for hydroxylation is 1. The van der Waals surface area contributed by atoms with E-state index in [0.29, 0.717) is 22.3 Å². The van der Waals surface area contributed by atoms with Gasteiger partial charge in [0.15, 0.2) is 5.72 Å². The van der Waals surface area contributed by atoms with Crippen molar-refractivity contribution in [1.82, 2.24) is 9.55 Å². The van der Waals surface area contributed by atoms with Crippen molar-refractivity contribution in [1.29, 1.82) is 0 Å². The smallest absolute Gasteiger partial charge is 0.351 e. The molecule has 8 heteroatoms. The van der Waals surface area contributed by atoms with Gasteiger partial charge in [0.1, 0.15) is 24.1 Å². The molecule has 8 nitrogen and oxygen atoms in total. The number of aliphatic hydroxyl groups excluding tert-OH is 3. The summed E-state index contributed by atoms with van der Waals surface area (Å²) in [6, 6.07) is 28.1. The number of rotatable bonds is 6. The van der Waals surface area contributed by atoms with E-state index >= 15 is 0 Å². The van der Waals surface area contributed by atoms with Gasteiger partial charge in [-0.1, -0.05) is 91.0 Å². The summed E-state index contributed by atoms with van der Waals surface area (Å²) >= 11 is 0. The molecule has 3 aromatic carbocycles. The van der Waals surface area contributed by atoms with Gasteiger partial charge in [-0.3, -0.25) is 4.57 Å². The summed E-state index contributed by atoms with van der Waals surface area (Å²) in [5.74, 6) is 0.0490. The first-order valence-electron chi connectivity index (χ1n) is 12.1. The third-order valence-electron chi connectivity index (χ3n) is 7.28. The number of ether oxygens (including phenoxy) is 1. The average Bonchev–Trinajstić information content (AvgIpc) is 3.19. The number of benzene rings is 3. The highest BCUT2D eigenvalue weighted by molar-refractivity contribution is 5.54. The summed E-state index contributed by atoms with van der Waals surface area (Å²) in [7, 11) is 0. The second-order valence-corrected chi connectivity index (χ2v) is 9.28. The maximum absolute atomic E-state index is 13.6. The topological polar surface area (TPSA) is 131 Å². The Kier molecular flexibility index (Phi) is 6.43. The molecule has 37 heavy (non-hydrogen) atoms. The van der Waals surface area contributed by atoms with E-state index in [9.17, 15) is 20.1 Å². The van der Waals surface area contributed by atoms with Crippen molar-refractivity contribution in [3.63, 3.8) is 0 Å². The number of nitrogen functional groups attached to an aromatic ring is 1. The lowest BCUT2D eigenvalue weighted by molar-refractivity contribution is -0.180. The Morgan fingerprint density at radius 2 is 1.38 bits per heavy atom. The predicted octanol–water partition coefficient (Wildman–Crippen LogP) is 1.93. The fraction of sp³-hybridized carbons (Fsp3) is 0.241. The fourth-order valence-corrected chi connectivity index (χ4v) is 5.62. The normalized spacial score (nSPS) is 23.7. The van der Waals surface area contributed by atoms with E-state index in [1.165, 1.54) is 10.8 Å². The van der Waals surface area contributed by atoms with E-state index in [1.54, 1.807) is 6.92 Å². The van der Waals surface area contributed by atoms with Gasteiger partial charge in [0.2, 0.25) is 0 Å². The molecule has 1 aliphatic rings. The van der Waals surface area contributed by atoms with Crippen molar-refractivity contribution in [2.45, 2.75) is 36.4 Å². The van der Waals surface area contributed by atoms with Crippen LogP contribution in [0.1, 0.15) is 22.3 Å². The fourth-order valence-electron chi connectivity index (χ4n) is 5.62. The van der Waals surface area contributed by atoms with Crippen LogP contribution in [-0.4, -0.2) is 49.8 Å². The monoisotopic (exact) mass is 499 g/mol. The van der Waals surface area contributed by atoms with Crippen molar-refractivity contribution in [3.8, 4) is 0 Å². The number of aromatic nitrogens is 2. The van der Waals surface area contributed by atoms with Gasteiger partial charge in [0.25, 0.3) is 0 Å². The highest BCUT2D eigenvalue weighted by Gasteiger charge is 2.68. The highest BCUT2D eigenvalue weighted by Crippen LogP contribution is 2.56. The molecule has 0 saturated carbocycles. The van der Waals surface area contributed by atoms with E-state index in [0.717, 1.165) is 0 Å². The molecule has 1 aromatic heterocycles. The van der Waals surface area contributed by atoms with Gasteiger partial charge in [-0.05, 0) is 23.6 Å². The lowest BCUT2D eigenvalue weighted by atomic mass is 9.60. The number of nitrogens with two attached hydrogens (primary N) is 1. The van der Waals surface area contributed by atoms with E-state index in [4.69, 9.17) is 10.5 Å². The first-order chi connectivity index (χ1) is 17.9. The van der Waals surface area contributed by atoms with Crippen LogP contribution in [0.2, 0.25) is 0 Å². The predicted molar refractivity (Wildman–Crippen MR) is 139 cm³/mol. The lowest BCUT2D eigenvalue weighted by Gasteiger charge is -2.51. The first-order valence-corrected chi connectivity index (χ1v) is 12.1. The molecule has 190 valence electrons. The standard InChI is InChI=1S/C29H29N3O5/c1-19-17-32(27(36)31-26(19)30)29(25(35)24(34)23(18-33)37-29)28(20-11-5-2-6-12-20,21-13-7-3-8-14-21)22-15-9-4-10-16-22/h2-17,23-25,33-35H,18H2,1H3,(H2,30,31,36)/t23-,24-,25-,29+/m1/s1. The Hall–Kier alpha value is -3.82. The molecule has 1 aliphatic heterocycles. The maximum Gasteiger partial charge on any atom is 0.351 e. The summed E-state index contributed by atoms with van der Waals surface area (Å²) in [5, 5.41) is 33.3. The van der Waals surface area contributed by atoms with Gasteiger partial charge >= 0.3 is 5.69 Å². The second kappa shape index (κ2) is 9.57. The van der Waals surface area contributed by atoms with Crippen LogP contribution >= 0.6 is 0 Å². The molecular formula is C29H29N3O5. The molecule has 0 unspecified atom stereocenters. The summed E-state index contributed by atoms with van der Waals surface area (Å²) < 4.78 is 7.76. The van der Waals surface area contributed by atoms with Crippen molar-refractivity contribution in [3.05, 3.63) is 130 Å². The molecule has 0 radical (unpaired) electrons. The summed E-state index contributed by atoms with van der Waals surface area (Å²) in [6.07, 6.45) is -2.86. The van der Waals surface area contributed by atoms with E-state index in [2.05, 4.69) is 4.98 Å². The molecule has 4 atom stereocenters. The maximum atomic E-state index is 13.6. The summed E-state index contributed by atoms with van der Waals surface area (Å²) in [5.41, 5.74) is 4.40. The first kappa shape index (κ1) is 24.9. The summed E-state index contributed by atoms with van der Waals surface area (Å²) in [6.45, 7) is 1.12. The number of hydrogen-bond donors (Lipinski definition) is 4. The Bertz CT molecular complexity index is 1330. The number of aliphatic hydroxyl groups is 3. The molecular weight excluding hydrogens is 470 g/mol. The van der Waals surface area contributed by atoms with Crippen molar-refractivity contribution in [2.75, 3.05) is 12.3 Å². The molecule has 2 heterocycles. The van der Waals surface area contributed by atoms with Crippen molar-refractivity contribution < 1.29 is 20.1 Å². The zero-order chi connectivity index (χ0) is 26.2. The molecule has 0 bridgehead atoms. The Morgan fingerprint density at radius 1 is 0.919 bits per heavy atom. The minimum atomic E-state index is -1.98. The quantitative estimate of drug-likeness (QED) is 0.298. The number of hydrogen-bond acceptors (Lipinski definition) is 7. The van der Waals surface area contributed by atoms with Crippen LogP contribution in [0.4, 0.5) is 5.82 Å². The lowest BCUT2D eigenvalue weighted by Crippen LogP contribution is -2.64. The zero-order valence-corrected chi connectivity index (χ0v) is 20.3. The van der Waals surface area contributed by atoms with Crippen LogP contribution in [0.15, 0.2) is 102 Å². The summed E-state index contributed by atoms with van der Waals surface area (Å²) in [4.78, 5) is 17.6. The minimum Gasteiger partial charge on any atom is -0.394 e. The Morgan fingerprint density at radius 3 is 1.78 bits per heavy atom. The van der Waals surface area contributed by atoms with Crippen LogP contribution in [-0.2, 0) is 15.9 Å². The molecule has 1 saturated heterocycles. The Balaban J connectivity index is 2.04. The van der Waals surface area contributed by atoms with Gasteiger partial charge in [-0.2, -0.15) is 4.98 Å². The molecule has 5 N–H and O–H groups in total. The third-order valence-corrected chi connectivity index (χ3v) is 7.28. The van der Waals surface area contributed by atoms with Crippen LogP contribution in [0.3, 0.4) is 0 Å². The average molecular weight is 500 g/mol. The van der Waals surface area contributed by atoms with Crippen LogP contribution in [0.5, 0.6) is 0 Å². The van der Waals surface area contributed by atoms with Gasteiger partial charge in [-0.25, -0.2) is 4.79 Å². The number of anilines is 1. The van der Waals surface area contributed by atoms with Crippen LogP contribution < -0.4 is 11.4 Å². The Labute approximate surface area is 214 Å². The van der Waals surface area contributed by atoms with Gasteiger partial charge in [0.05, 0.1) is 12.0 Å². The van der Waals surface area contributed by atoms with Crippen molar-refractivity contribution in [2.24, 2.45) is 0 Å². The van der Waals surface area contributed by atoms with Crippen molar-refractivity contribution >= 4 is 5.82 Å². The molecule has 0 spiro atoms. The SMILES string of the molecule is Cc1cn([C@]2(C(c3ccccc3)(c3ccccc3)c3ccccc3)O[C@H](CO)[C@@H](O)[C@H]2O)c(=O)nc1N. The molecule has 1 fully saturated rings. The van der Waals surface area contributed by atoms with E-state index in [-0.39, 0.29) is 5.82 Å². The second-order valence-electron chi connectivity index (χ2n) is 9.28.